The van der Waals surface area contributed by atoms with Crippen LogP contribution in [0.3, 0.4) is 0 Å². The van der Waals surface area contributed by atoms with E-state index in [0.717, 1.165) is 0 Å². The summed E-state index contributed by atoms with van der Waals surface area (Å²) < 4.78 is 0. The van der Waals surface area contributed by atoms with Crippen molar-refractivity contribution >= 4 is 41.3 Å². The molecule has 0 N–H and O–H groups in total. The van der Waals surface area contributed by atoms with Crippen molar-refractivity contribution in [3.05, 3.63) is 0 Å². The molecule has 0 aliphatic rings. The van der Waals surface area contributed by atoms with Crippen molar-refractivity contribution in [1.82, 2.24) is 0 Å². The molecule has 1 nitrogen and oxygen atoms in total. The first kappa shape index (κ1) is 45.5. The van der Waals surface area contributed by atoms with Gasteiger partial charge in [0.25, 0.3) is 0 Å². The standard InChI is InChI=1S/Al.Cd.O.Sn.Zn.5H/q;+2;-2;;;;;;;. The van der Waals surface area contributed by atoms with E-state index < -0.39 is 0 Å². The van der Waals surface area contributed by atoms with Crippen molar-refractivity contribution in [2.45, 2.75) is 0 Å². The Hall–Kier alpha value is 2.84. The molecule has 0 aromatic rings. The summed E-state index contributed by atoms with van der Waals surface area (Å²) >= 11 is 0. The number of rotatable bonds is 0. The quantitative estimate of drug-likeness (QED) is 0.446. The first-order chi connectivity index (χ1) is 0. The maximum absolute atomic E-state index is 0. The molecule has 0 aliphatic heterocycles. The predicted octanol–water partition coefficient (Wildman–Crippen LogP) is -2.22. The van der Waals surface area contributed by atoms with Gasteiger partial charge in [-0.1, -0.05) is 0 Å². The van der Waals surface area contributed by atoms with E-state index in [1.165, 1.54) is 0 Å². The maximum Gasteiger partial charge on any atom is 0 e. The van der Waals surface area contributed by atoms with Crippen LogP contribution in [0.25, 0.3) is 0 Å². The Kier molecular flexibility index (Phi) is 264. The normalized spacial score (nSPS) is 0. The molecule has 2 radical (unpaired) electrons. The molecule has 0 heterocycles. The van der Waals surface area contributed by atoms with Crippen molar-refractivity contribution in [2.24, 2.45) is 0 Å². The van der Waals surface area contributed by atoms with Gasteiger partial charge in [-0.25, -0.2) is 0 Å². The predicted molar refractivity (Wildman–Crippen MR) is 19.2 cm³/mol. The zero-order valence-corrected chi connectivity index (χ0v) is 13.6. The van der Waals surface area contributed by atoms with Gasteiger partial charge >= 0.3 is 51.2 Å². The Bertz CT molecular complexity index is 11.6. The molecule has 0 saturated carbocycles. The first-order valence-electron chi connectivity index (χ1n) is 0. The summed E-state index contributed by atoms with van der Waals surface area (Å²) in [6.07, 6.45) is 0. The topological polar surface area (TPSA) is 28.5 Å². The average molecular weight is 345 g/mol. The van der Waals surface area contributed by atoms with Gasteiger partial charge in [0.15, 0.2) is 17.4 Å². The van der Waals surface area contributed by atoms with Gasteiger partial charge in [0, 0.05) is 19.5 Å². The monoisotopic (exact) mass is 346 g/mol. The van der Waals surface area contributed by atoms with Crippen LogP contribution in [0.2, 0.25) is 0 Å². The molecular weight excluding hydrogens is 339 g/mol. The van der Waals surface area contributed by atoms with Crippen LogP contribution in [0, 0.1) is 0 Å². The number of hydrogen-bond donors (Lipinski definition) is 0. The van der Waals surface area contributed by atoms with Gasteiger partial charge in [-0.2, -0.15) is 0 Å². The van der Waals surface area contributed by atoms with Crippen molar-refractivity contribution in [1.29, 1.82) is 0 Å². The molecule has 5 heteroatoms. The Labute approximate surface area is 92.0 Å². The second kappa shape index (κ2) is 28.9. The molecule has 0 aromatic carbocycles. The van der Waals surface area contributed by atoms with Gasteiger partial charge in [-0.15, -0.1) is 0 Å². The summed E-state index contributed by atoms with van der Waals surface area (Å²) in [5.74, 6) is 0. The zero-order valence-electron chi connectivity index (χ0n) is 2.53. The fraction of sp³-hybridized carbons (Fsp3) is 0. The van der Waals surface area contributed by atoms with E-state index in [4.69, 9.17) is 0 Å². The van der Waals surface area contributed by atoms with Crippen molar-refractivity contribution < 1.29 is 52.3 Å². The Morgan fingerprint density at radius 2 is 1.00 bits per heavy atom. The Balaban J connectivity index is 0. The summed E-state index contributed by atoms with van der Waals surface area (Å²) in [4.78, 5) is 0. The van der Waals surface area contributed by atoms with Crippen LogP contribution in [0.15, 0.2) is 0 Å². The summed E-state index contributed by atoms with van der Waals surface area (Å²) in [7, 11) is 0. The smallest absolute Gasteiger partial charge is 0 e. The van der Waals surface area contributed by atoms with Crippen LogP contribution in [0.5, 0.6) is 0 Å². The Morgan fingerprint density at radius 1 is 1.00 bits per heavy atom. The second-order valence-electron chi connectivity index (χ2n) is 0. The van der Waals surface area contributed by atoms with Gasteiger partial charge in [-0.3, -0.25) is 0 Å². The van der Waals surface area contributed by atoms with E-state index in [-0.39, 0.29) is 93.5 Å². The van der Waals surface area contributed by atoms with Crippen LogP contribution >= 0.6 is 0 Å². The van der Waals surface area contributed by atoms with Crippen LogP contribution in [0.4, 0.5) is 0 Å². The minimum atomic E-state index is 0. The average Bonchev–Trinajstić information content (AvgIpc) is 0. The van der Waals surface area contributed by atoms with Gasteiger partial charge < -0.3 is 5.48 Å². The van der Waals surface area contributed by atoms with Gasteiger partial charge in [-0.05, 0) is 0 Å². The molecule has 22 valence electrons. The molecule has 0 amide bonds. The molecule has 5 heavy (non-hydrogen) atoms. The third-order valence-corrected chi connectivity index (χ3v) is 0. The van der Waals surface area contributed by atoms with Crippen molar-refractivity contribution in [3.8, 4) is 0 Å². The van der Waals surface area contributed by atoms with E-state index >= 15 is 0 Å². The molecule has 0 aromatic heterocycles. The van der Waals surface area contributed by atoms with Gasteiger partial charge in [0.2, 0.25) is 0 Å². The summed E-state index contributed by atoms with van der Waals surface area (Å²) in [6, 6.07) is 0. The third kappa shape index (κ3) is 19.9. The first-order valence-corrected chi connectivity index (χ1v) is 0. The molecule has 0 saturated heterocycles. The van der Waals surface area contributed by atoms with E-state index in [1.807, 2.05) is 0 Å². The fourth-order valence-electron chi connectivity index (χ4n) is 0. The molecule has 0 aliphatic carbocycles. The third-order valence-electron chi connectivity index (χ3n) is 0. The minimum Gasteiger partial charge on any atom is 0 e. The molecule has 0 bridgehead atoms. The molecule has 0 atom stereocenters. The van der Waals surface area contributed by atoms with E-state index in [2.05, 4.69) is 0 Å². The summed E-state index contributed by atoms with van der Waals surface area (Å²) in [5.41, 5.74) is 0. The van der Waals surface area contributed by atoms with Gasteiger partial charge in [0.05, 0.1) is 0 Å². The number of hydrogen-bond acceptors (Lipinski definition) is 0. The van der Waals surface area contributed by atoms with E-state index in [9.17, 15) is 0 Å². The molecular formula is H5AlCdOSnZn. The molecule has 0 rings (SSSR count). The maximum atomic E-state index is 0. The fourth-order valence-corrected chi connectivity index (χ4v) is 0. The molecule has 0 unspecified atom stereocenters. The zero-order chi connectivity index (χ0) is 0. The van der Waals surface area contributed by atoms with Crippen LogP contribution in [-0.4, -0.2) is 41.3 Å². The summed E-state index contributed by atoms with van der Waals surface area (Å²) in [5, 5.41) is 0. The van der Waals surface area contributed by atoms with Crippen LogP contribution < -0.4 is 0 Å². The van der Waals surface area contributed by atoms with E-state index in [1.54, 1.807) is 0 Å². The van der Waals surface area contributed by atoms with Crippen LogP contribution in [0.1, 0.15) is 0 Å². The second-order valence-corrected chi connectivity index (χ2v) is 0. The van der Waals surface area contributed by atoms with Crippen molar-refractivity contribution in [2.75, 3.05) is 0 Å². The minimum absolute atomic E-state index is 0. The molecule has 0 spiro atoms. The summed E-state index contributed by atoms with van der Waals surface area (Å²) in [6.45, 7) is 0. The molecule has 0 fully saturated rings. The van der Waals surface area contributed by atoms with Gasteiger partial charge in [0.1, 0.15) is 0 Å². The SMILES string of the molecule is [AlH3].[Cd+2].[O-2].[SnH2].[Zn]. The van der Waals surface area contributed by atoms with Crippen molar-refractivity contribution in [3.63, 3.8) is 0 Å². The largest absolute Gasteiger partial charge is 0 e. The van der Waals surface area contributed by atoms with Crippen LogP contribution in [-0.2, 0) is 52.3 Å². The Morgan fingerprint density at radius 3 is 1.00 bits per heavy atom. The van der Waals surface area contributed by atoms with E-state index in [0.29, 0.717) is 0 Å².